The number of ether oxygens (including phenoxy) is 1. The number of anilines is 1. The molecule has 0 spiro atoms. The number of nitrogens with one attached hydrogen (secondary N) is 1. The van der Waals surface area contributed by atoms with Crippen LogP contribution in [-0.4, -0.2) is 24.6 Å². The number of pyridine rings is 1. The Balaban J connectivity index is 1.98. The first-order valence-electron chi connectivity index (χ1n) is 6.80. The summed E-state index contributed by atoms with van der Waals surface area (Å²) in [5.74, 6) is -0.799. The number of aryl methyl sites for hydroxylation is 1. The first kappa shape index (κ1) is 13.5. The highest BCUT2D eigenvalue weighted by atomic mass is 19.1. The van der Waals surface area contributed by atoms with E-state index in [4.69, 9.17) is 0 Å². The molecule has 0 unspecified atom stereocenters. The highest BCUT2D eigenvalue weighted by molar-refractivity contribution is 5.87. The van der Waals surface area contributed by atoms with Crippen LogP contribution in [-0.2, 0) is 11.2 Å². The van der Waals surface area contributed by atoms with Crippen molar-refractivity contribution in [2.45, 2.75) is 12.8 Å². The van der Waals surface area contributed by atoms with Gasteiger partial charge in [-0.1, -0.05) is 6.07 Å². The summed E-state index contributed by atoms with van der Waals surface area (Å²) in [6.07, 6.45) is 3.47. The van der Waals surface area contributed by atoms with Gasteiger partial charge in [0.05, 0.1) is 7.11 Å². The molecule has 2 heterocycles. The zero-order valence-corrected chi connectivity index (χ0v) is 11.6. The summed E-state index contributed by atoms with van der Waals surface area (Å²) in [6, 6.07) is 6.60. The second-order valence-corrected chi connectivity index (χ2v) is 4.94. The smallest absolute Gasteiger partial charge is 0.356 e. The minimum atomic E-state index is -0.503. The van der Waals surface area contributed by atoms with Gasteiger partial charge in [-0.15, -0.1) is 0 Å². The van der Waals surface area contributed by atoms with Gasteiger partial charge in [0.15, 0.2) is 0 Å². The van der Waals surface area contributed by atoms with Crippen molar-refractivity contribution >= 4 is 11.7 Å². The number of halogens is 1. The quantitative estimate of drug-likeness (QED) is 0.862. The molecule has 0 radical (unpaired) electrons. The molecule has 21 heavy (non-hydrogen) atoms. The van der Waals surface area contributed by atoms with E-state index in [0.717, 1.165) is 30.6 Å². The second-order valence-electron chi connectivity index (χ2n) is 4.94. The Labute approximate surface area is 122 Å². The molecule has 108 valence electrons. The normalized spacial score (nSPS) is 13.2. The maximum atomic E-state index is 14.2. The number of carbonyl (C=O) groups is 1. The first-order chi connectivity index (χ1) is 10.2. The number of aromatic nitrogens is 1. The van der Waals surface area contributed by atoms with Crippen molar-refractivity contribution in [2.75, 3.05) is 19.0 Å². The molecule has 0 amide bonds. The molecular weight excluding hydrogens is 271 g/mol. The van der Waals surface area contributed by atoms with E-state index in [9.17, 15) is 9.18 Å². The molecule has 5 heteroatoms. The van der Waals surface area contributed by atoms with E-state index >= 15 is 0 Å². The predicted molar refractivity (Wildman–Crippen MR) is 77.8 cm³/mol. The second kappa shape index (κ2) is 5.52. The van der Waals surface area contributed by atoms with Crippen LogP contribution >= 0.6 is 0 Å². The number of carbonyl (C=O) groups excluding carboxylic acids is 1. The topological polar surface area (TPSA) is 51.2 Å². The van der Waals surface area contributed by atoms with Gasteiger partial charge >= 0.3 is 5.97 Å². The van der Waals surface area contributed by atoms with Gasteiger partial charge in [0.2, 0.25) is 0 Å². The Morgan fingerprint density at radius 1 is 1.38 bits per heavy atom. The average molecular weight is 286 g/mol. The fourth-order valence-corrected chi connectivity index (χ4v) is 2.49. The van der Waals surface area contributed by atoms with Gasteiger partial charge in [0, 0.05) is 29.6 Å². The van der Waals surface area contributed by atoms with Crippen molar-refractivity contribution in [1.82, 2.24) is 4.98 Å². The maximum absolute atomic E-state index is 14.2. The van der Waals surface area contributed by atoms with Crippen molar-refractivity contribution in [3.63, 3.8) is 0 Å². The van der Waals surface area contributed by atoms with Crippen LogP contribution in [0.1, 0.15) is 22.5 Å². The minimum absolute atomic E-state index is 0.210. The molecule has 2 aromatic rings. The van der Waals surface area contributed by atoms with Crippen molar-refractivity contribution in [1.29, 1.82) is 0 Å². The highest BCUT2D eigenvalue weighted by Gasteiger charge is 2.15. The van der Waals surface area contributed by atoms with Crippen LogP contribution in [0.2, 0.25) is 0 Å². The Hall–Kier alpha value is -2.43. The summed E-state index contributed by atoms with van der Waals surface area (Å²) < 4.78 is 18.8. The van der Waals surface area contributed by atoms with E-state index in [1.54, 1.807) is 6.07 Å². The number of nitrogens with zero attached hydrogens (tertiary/aromatic N) is 1. The van der Waals surface area contributed by atoms with Crippen molar-refractivity contribution in [2.24, 2.45) is 0 Å². The Kier molecular flexibility index (Phi) is 3.56. The molecule has 0 saturated carbocycles. The number of rotatable bonds is 2. The lowest BCUT2D eigenvalue weighted by Gasteiger charge is -2.19. The summed E-state index contributed by atoms with van der Waals surface area (Å²) in [6.45, 7) is 0.876. The molecule has 0 bridgehead atoms. The molecule has 1 aromatic heterocycles. The number of fused-ring (bicyclic) bond motifs is 1. The fourth-order valence-electron chi connectivity index (χ4n) is 2.49. The molecular formula is C16H15FN2O2. The van der Waals surface area contributed by atoms with Gasteiger partial charge in [-0.05, 0) is 36.6 Å². The zero-order valence-electron chi connectivity index (χ0n) is 11.6. The third-order valence-electron chi connectivity index (χ3n) is 3.60. The lowest BCUT2D eigenvalue weighted by Crippen LogP contribution is -2.12. The molecule has 1 aliphatic rings. The van der Waals surface area contributed by atoms with Gasteiger partial charge in [-0.25, -0.2) is 14.2 Å². The molecule has 1 N–H and O–H groups in total. The van der Waals surface area contributed by atoms with Gasteiger partial charge in [0.25, 0.3) is 0 Å². The maximum Gasteiger partial charge on any atom is 0.356 e. The van der Waals surface area contributed by atoms with Crippen LogP contribution in [0.5, 0.6) is 0 Å². The Morgan fingerprint density at radius 2 is 2.24 bits per heavy atom. The number of esters is 1. The highest BCUT2D eigenvalue weighted by Crippen LogP contribution is 2.30. The monoisotopic (exact) mass is 286 g/mol. The van der Waals surface area contributed by atoms with Crippen molar-refractivity contribution in [3.8, 4) is 11.1 Å². The molecule has 0 saturated heterocycles. The zero-order chi connectivity index (χ0) is 14.8. The van der Waals surface area contributed by atoms with Crippen LogP contribution in [0.3, 0.4) is 0 Å². The van der Waals surface area contributed by atoms with Crippen LogP contribution in [0.4, 0.5) is 10.1 Å². The summed E-state index contributed by atoms with van der Waals surface area (Å²) in [4.78, 5) is 15.4. The van der Waals surface area contributed by atoms with E-state index in [2.05, 4.69) is 15.0 Å². The first-order valence-corrected chi connectivity index (χ1v) is 6.80. The van der Waals surface area contributed by atoms with E-state index < -0.39 is 5.97 Å². The summed E-state index contributed by atoms with van der Waals surface area (Å²) in [5, 5.41) is 3.20. The number of hydrogen-bond donors (Lipinski definition) is 1. The van der Waals surface area contributed by atoms with Gasteiger partial charge < -0.3 is 10.1 Å². The van der Waals surface area contributed by atoms with E-state index in [1.807, 2.05) is 6.07 Å². The predicted octanol–water partition coefficient (Wildman–Crippen LogP) is 3.03. The van der Waals surface area contributed by atoms with Crippen LogP contribution in [0, 0.1) is 5.82 Å². The molecule has 3 rings (SSSR count). The average Bonchev–Trinajstić information content (AvgIpc) is 2.53. The van der Waals surface area contributed by atoms with E-state index in [-0.39, 0.29) is 11.5 Å². The van der Waals surface area contributed by atoms with Crippen LogP contribution < -0.4 is 5.32 Å². The number of methoxy groups -OCH3 is 1. The third kappa shape index (κ3) is 2.59. The minimum Gasteiger partial charge on any atom is -0.464 e. The molecule has 1 aliphatic heterocycles. The SMILES string of the molecule is COC(=O)c1ccc(-c2cc3c(cc2F)NCCC3)cn1. The van der Waals surface area contributed by atoms with E-state index in [1.165, 1.54) is 25.4 Å². The van der Waals surface area contributed by atoms with Crippen LogP contribution in [0.15, 0.2) is 30.5 Å². The van der Waals surface area contributed by atoms with Crippen molar-refractivity contribution < 1.29 is 13.9 Å². The molecule has 0 atom stereocenters. The molecule has 0 fully saturated rings. The van der Waals surface area contributed by atoms with Crippen LogP contribution in [0.25, 0.3) is 11.1 Å². The molecule has 4 nitrogen and oxygen atoms in total. The summed E-state index contributed by atoms with van der Waals surface area (Å²) in [5.41, 5.74) is 3.33. The van der Waals surface area contributed by atoms with Gasteiger partial charge in [0.1, 0.15) is 11.5 Å². The summed E-state index contributed by atoms with van der Waals surface area (Å²) in [7, 11) is 1.30. The third-order valence-corrected chi connectivity index (χ3v) is 3.60. The van der Waals surface area contributed by atoms with E-state index in [0.29, 0.717) is 11.1 Å². The number of benzene rings is 1. The van der Waals surface area contributed by atoms with Gasteiger partial charge in [-0.3, -0.25) is 0 Å². The number of hydrogen-bond acceptors (Lipinski definition) is 4. The van der Waals surface area contributed by atoms with Gasteiger partial charge in [-0.2, -0.15) is 0 Å². The lowest BCUT2D eigenvalue weighted by atomic mass is 9.97. The Bertz CT molecular complexity index is 683. The summed E-state index contributed by atoms with van der Waals surface area (Å²) >= 11 is 0. The van der Waals surface area contributed by atoms with Crippen molar-refractivity contribution in [3.05, 3.63) is 47.5 Å². The Morgan fingerprint density at radius 3 is 2.95 bits per heavy atom. The standard InChI is InChI=1S/C16H15FN2O2/c1-21-16(20)14-5-4-11(9-19-14)12-7-10-3-2-6-18-15(10)8-13(12)17/h4-5,7-9,18H,2-3,6H2,1H3. The lowest BCUT2D eigenvalue weighted by molar-refractivity contribution is 0.0594. The largest absolute Gasteiger partial charge is 0.464 e. The molecule has 0 aliphatic carbocycles. The molecule has 1 aromatic carbocycles. The fraction of sp³-hybridized carbons (Fsp3) is 0.250.